The minimum Gasteiger partial charge on any atom is -0.450 e. The Morgan fingerprint density at radius 3 is 2.43 bits per heavy atom. The number of aryl methyl sites for hydroxylation is 1. The summed E-state index contributed by atoms with van der Waals surface area (Å²) in [5.74, 6) is -0.387. The Hall–Kier alpha value is -2.57. The number of nitrogens with one attached hydrogen (secondary N) is 2. The van der Waals surface area contributed by atoms with Crippen molar-refractivity contribution < 1.29 is 19.1 Å². The van der Waals surface area contributed by atoms with Crippen molar-refractivity contribution >= 4 is 17.9 Å². The van der Waals surface area contributed by atoms with Gasteiger partial charge in [0, 0.05) is 25.7 Å². The van der Waals surface area contributed by atoms with E-state index in [4.69, 9.17) is 4.74 Å². The number of carbonyl (C=O) groups excluding carboxylic acids is 3. The second-order valence-corrected chi connectivity index (χ2v) is 7.62. The average molecular weight is 387 g/mol. The minimum atomic E-state index is -0.930. The summed E-state index contributed by atoms with van der Waals surface area (Å²) < 4.78 is 5.01. The number of piperidine rings is 1. The third-order valence-electron chi connectivity index (χ3n) is 5.68. The van der Waals surface area contributed by atoms with E-state index >= 15 is 0 Å². The minimum absolute atomic E-state index is 0.0141. The van der Waals surface area contributed by atoms with Crippen LogP contribution in [0.15, 0.2) is 24.3 Å². The summed E-state index contributed by atoms with van der Waals surface area (Å²) in [7, 11) is 0. The van der Waals surface area contributed by atoms with Gasteiger partial charge >= 0.3 is 6.09 Å². The maximum Gasteiger partial charge on any atom is 0.409 e. The molecular weight excluding hydrogens is 358 g/mol. The van der Waals surface area contributed by atoms with Crippen molar-refractivity contribution in [2.75, 3.05) is 19.7 Å². The molecule has 1 heterocycles. The largest absolute Gasteiger partial charge is 0.450 e. The van der Waals surface area contributed by atoms with Gasteiger partial charge in [-0.15, -0.1) is 0 Å². The van der Waals surface area contributed by atoms with E-state index in [9.17, 15) is 14.4 Å². The Labute approximate surface area is 165 Å². The Morgan fingerprint density at radius 1 is 1.14 bits per heavy atom. The van der Waals surface area contributed by atoms with Gasteiger partial charge in [0.25, 0.3) is 0 Å². The van der Waals surface area contributed by atoms with E-state index in [1.165, 1.54) is 0 Å². The highest BCUT2D eigenvalue weighted by Crippen LogP contribution is 2.46. The number of benzene rings is 1. The van der Waals surface area contributed by atoms with Crippen LogP contribution in [0.25, 0.3) is 0 Å². The van der Waals surface area contributed by atoms with Crippen LogP contribution in [-0.2, 0) is 20.9 Å². The summed E-state index contributed by atoms with van der Waals surface area (Å²) in [5, 5.41) is 5.95. The molecule has 0 bridgehead atoms. The molecule has 1 aliphatic carbocycles. The predicted molar refractivity (Wildman–Crippen MR) is 104 cm³/mol. The summed E-state index contributed by atoms with van der Waals surface area (Å²) in [6.45, 7) is 5.68. The molecule has 0 spiro atoms. The molecule has 3 amide bonds. The van der Waals surface area contributed by atoms with Crippen LogP contribution < -0.4 is 10.6 Å². The molecule has 7 nitrogen and oxygen atoms in total. The van der Waals surface area contributed by atoms with Crippen LogP contribution in [0.5, 0.6) is 0 Å². The molecule has 3 rings (SSSR count). The van der Waals surface area contributed by atoms with E-state index in [-0.39, 0.29) is 23.9 Å². The lowest BCUT2D eigenvalue weighted by Crippen LogP contribution is -2.50. The molecule has 0 aromatic heterocycles. The van der Waals surface area contributed by atoms with Crippen molar-refractivity contribution in [2.45, 2.75) is 52.1 Å². The number of amides is 3. The van der Waals surface area contributed by atoms with Crippen LogP contribution in [0.3, 0.4) is 0 Å². The monoisotopic (exact) mass is 387 g/mol. The molecule has 1 aromatic carbocycles. The fraction of sp³-hybridized carbons (Fsp3) is 0.571. The van der Waals surface area contributed by atoms with Gasteiger partial charge in [0.15, 0.2) is 0 Å². The van der Waals surface area contributed by atoms with Crippen LogP contribution in [0, 0.1) is 12.3 Å². The van der Waals surface area contributed by atoms with Gasteiger partial charge in [0.05, 0.1) is 6.61 Å². The predicted octanol–water partition coefficient (Wildman–Crippen LogP) is 2.13. The van der Waals surface area contributed by atoms with Crippen molar-refractivity contribution in [2.24, 2.45) is 5.41 Å². The number of nitrogens with zero attached hydrogens (tertiary/aromatic N) is 1. The number of likely N-dealkylation sites (tertiary alicyclic amines) is 1. The van der Waals surface area contributed by atoms with E-state index < -0.39 is 5.41 Å². The quantitative estimate of drug-likeness (QED) is 0.732. The third kappa shape index (κ3) is 4.46. The number of ether oxygens (including phenoxy) is 1. The molecular formula is C21H29N3O4. The van der Waals surface area contributed by atoms with Gasteiger partial charge in [-0.25, -0.2) is 4.79 Å². The topological polar surface area (TPSA) is 87.7 Å². The summed E-state index contributed by atoms with van der Waals surface area (Å²) in [4.78, 5) is 38.8. The second-order valence-electron chi connectivity index (χ2n) is 7.62. The fourth-order valence-electron chi connectivity index (χ4n) is 3.58. The molecule has 1 saturated carbocycles. The van der Waals surface area contributed by atoms with Crippen LogP contribution in [-0.4, -0.2) is 48.5 Å². The first kappa shape index (κ1) is 20.2. The lowest BCUT2D eigenvalue weighted by molar-refractivity contribution is -0.137. The van der Waals surface area contributed by atoms with Gasteiger partial charge < -0.3 is 20.3 Å². The smallest absolute Gasteiger partial charge is 0.409 e. The zero-order valence-electron chi connectivity index (χ0n) is 16.6. The van der Waals surface area contributed by atoms with Crippen molar-refractivity contribution in [3.05, 3.63) is 35.4 Å². The normalized spacial score (nSPS) is 18.3. The SMILES string of the molecule is CCOC(=O)N1CCC(NC(=O)C2(C(=O)NCc3ccccc3C)CC2)CC1. The van der Waals surface area contributed by atoms with Gasteiger partial charge in [-0.1, -0.05) is 24.3 Å². The van der Waals surface area contributed by atoms with Crippen LogP contribution in [0.4, 0.5) is 4.79 Å². The van der Waals surface area contributed by atoms with E-state index in [2.05, 4.69) is 10.6 Å². The third-order valence-corrected chi connectivity index (χ3v) is 5.68. The van der Waals surface area contributed by atoms with Crippen LogP contribution >= 0.6 is 0 Å². The van der Waals surface area contributed by atoms with Crippen molar-refractivity contribution in [3.8, 4) is 0 Å². The Kier molecular flexibility index (Phi) is 6.21. The highest BCUT2D eigenvalue weighted by atomic mass is 16.6. The van der Waals surface area contributed by atoms with Crippen molar-refractivity contribution in [1.29, 1.82) is 0 Å². The van der Waals surface area contributed by atoms with Gasteiger partial charge in [-0.2, -0.15) is 0 Å². The van der Waals surface area contributed by atoms with Crippen molar-refractivity contribution in [3.63, 3.8) is 0 Å². The molecule has 1 aliphatic heterocycles. The molecule has 1 saturated heterocycles. The standard InChI is InChI=1S/C21H29N3O4/c1-3-28-20(27)24-12-8-17(9-13-24)23-19(26)21(10-11-21)18(25)22-14-16-7-5-4-6-15(16)2/h4-7,17H,3,8-14H2,1-2H3,(H,22,25)(H,23,26). The van der Waals surface area contributed by atoms with Crippen LogP contribution in [0.1, 0.15) is 43.7 Å². The maximum atomic E-state index is 12.8. The molecule has 2 aliphatic rings. The zero-order valence-corrected chi connectivity index (χ0v) is 16.6. The fourth-order valence-corrected chi connectivity index (χ4v) is 3.58. The first-order valence-electron chi connectivity index (χ1n) is 10.0. The summed E-state index contributed by atoms with van der Waals surface area (Å²) in [5.41, 5.74) is 1.24. The molecule has 0 radical (unpaired) electrons. The first-order chi connectivity index (χ1) is 13.5. The van der Waals surface area contributed by atoms with E-state index in [0.29, 0.717) is 51.9 Å². The summed E-state index contributed by atoms with van der Waals surface area (Å²) >= 11 is 0. The molecule has 1 aromatic rings. The lowest BCUT2D eigenvalue weighted by atomic mass is 10.0. The molecule has 152 valence electrons. The Balaban J connectivity index is 1.48. The van der Waals surface area contributed by atoms with Gasteiger partial charge in [0.1, 0.15) is 5.41 Å². The van der Waals surface area contributed by atoms with E-state index in [0.717, 1.165) is 11.1 Å². The molecule has 28 heavy (non-hydrogen) atoms. The maximum absolute atomic E-state index is 12.8. The van der Waals surface area contributed by atoms with Gasteiger partial charge in [0.2, 0.25) is 11.8 Å². The number of rotatable bonds is 6. The molecule has 7 heteroatoms. The zero-order chi connectivity index (χ0) is 20.1. The van der Waals surface area contributed by atoms with Gasteiger partial charge in [-0.3, -0.25) is 9.59 Å². The Bertz CT molecular complexity index is 737. The number of hydrogen-bond acceptors (Lipinski definition) is 4. The molecule has 0 unspecified atom stereocenters. The first-order valence-corrected chi connectivity index (χ1v) is 10.0. The molecule has 2 fully saturated rings. The summed E-state index contributed by atoms with van der Waals surface area (Å²) in [6, 6.07) is 7.87. The highest BCUT2D eigenvalue weighted by molar-refractivity contribution is 6.07. The van der Waals surface area contributed by atoms with E-state index in [1.807, 2.05) is 31.2 Å². The second kappa shape index (κ2) is 8.63. The summed E-state index contributed by atoms with van der Waals surface area (Å²) in [6.07, 6.45) is 2.21. The van der Waals surface area contributed by atoms with Gasteiger partial charge in [-0.05, 0) is 50.7 Å². The Morgan fingerprint density at radius 2 is 1.82 bits per heavy atom. The lowest BCUT2D eigenvalue weighted by Gasteiger charge is -2.32. The van der Waals surface area contributed by atoms with Crippen molar-refractivity contribution in [1.82, 2.24) is 15.5 Å². The molecule has 2 N–H and O–H groups in total. The molecule has 0 atom stereocenters. The number of hydrogen-bond donors (Lipinski definition) is 2. The van der Waals surface area contributed by atoms with E-state index in [1.54, 1.807) is 11.8 Å². The van der Waals surface area contributed by atoms with Crippen LogP contribution in [0.2, 0.25) is 0 Å². The average Bonchev–Trinajstić information content (AvgIpc) is 3.50. The highest BCUT2D eigenvalue weighted by Gasteiger charge is 2.56. The number of carbonyl (C=O) groups is 3.